The third-order valence-electron chi connectivity index (χ3n) is 1.50. The average Bonchev–Trinajstić information content (AvgIpc) is 2.30. The van der Waals surface area contributed by atoms with E-state index in [1.807, 2.05) is 13.8 Å². The predicted molar refractivity (Wildman–Crippen MR) is 45.8 cm³/mol. The van der Waals surface area contributed by atoms with E-state index >= 15 is 0 Å². The van der Waals surface area contributed by atoms with Gasteiger partial charge in [-0.2, -0.15) is 0 Å². The van der Waals surface area contributed by atoms with Gasteiger partial charge in [0, 0.05) is 6.08 Å². The molecule has 1 saturated heterocycles. The van der Waals surface area contributed by atoms with Crippen molar-refractivity contribution in [2.75, 3.05) is 6.61 Å². The monoisotopic (exact) mass is 186 g/mol. The van der Waals surface area contributed by atoms with E-state index in [2.05, 4.69) is 0 Å². The largest absolute Gasteiger partial charge is 0.407 e. The molecule has 4 nitrogen and oxygen atoms in total. The van der Waals surface area contributed by atoms with Crippen LogP contribution < -0.4 is 0 Å². The average molecular weight is 186 g/mol. The standard InChI is InChI=1S/C9H14O4/c1-4-5-7(10)12-8-11-6-9(2,3)13-8/h4-5,8H,6H2,1-3H3/b5-4+. The molecule has 1 unspecified atom stereocenters. The highest BCUT2D eigenvalue weighted by Gasteiger charge is 2.34. The van der Waals surface area contributed by atoms with Gasteiger partial charge < -0.3 is 14.2 Å². The first-order valence-corrected chi connectivity index (χ1v) is 4.16. The minimum absolute atomic E-state index is 0.374. The summed E-state index contributed by atoms with van der Waals surface area (Å²) in [7, 11) is 0. The van der Waals surface area contributed by atoms with Crippen LogP contribution in [0.3, 0.4) is 0 Å². The van der Waals surface area contributed by atoms with Crippen LogP contribution in [0.25, 0.3) is 0 Å². The van der Waals surface area contributed by atoms with E-state index in [-0.39, 0.29) is 5.60 Å². The molecule has 74 valence electrons. The van der Waals surface area contributed by atoms with E-state index < -0.39 is 12.4 Å². The van der Waals surface area contributed by atoms with Crippen molar-refractivity contribution in [2.24, 2.45) is 0 Å². The summed E-state index contributed by atoms with van der Waals surface area (Å²) in [6, 6.07) is 0. The minimum Gasteiger partial charge on any atom is -0.407 e. The van der Waals surface area contributed by atoms with Crippen molar-refractivity contribution < 1.29 is 19.0 Å². The van der Waals surface area contributed by atoms with E-state index in [1.54, 1.807) is 13.0 Å². The lowest BCUT2D eigenvalue weighted by Crippen LogP contribution is -2.24. The van der Waals surface area contributed by atoms with E-state index in [0.29, 0.717) is 6.61 Å². The Morgan fingerprint density at radius 1 is 1.62 bits per heavy atom. The molecule has 1 rings (SSSR count). The first-order valence-electron chi connectivity index (χ1n) is 4.16. The van der Waals surface area contributed by atoms with Crippen LogP contribution in [0.1, 0.15) is 20.8 Å². The van der Waals surface area contributed by atoms with Gasteiger partial charge in [-0.3, -0.25) is 0 Å². The Bertz CT molecular complexity index is 220. The summed E-state index contributed by atoms with van der Waals surface area (Å²) in [4.78, 5) is 10.9. The highest BCUT2D eigenvalue weighted by atomic mass is 16.9. The molecule has 0 spiro atoms. The van der Waals surface area contributed by atoms with Crippen molar-refractivity contribution in [3.05, 3.63) is 12.2 Å². The summed E-state index contributed by atoms with van der Waals surface area (Å²) < 4.78 is 15.2. The van der Waals surface area contributed by atoms with Crippen LogP contribution in [0.15, 0.2) is 12.2 Å². The molecule has 1 atom stereocenters. The number of esters is 1. The van der Waals surface area contributed by atoms with E-state index in [0.717, 1.165) is 0 Å². The van der Waals surface area contributed by atoms with Crippen molar-refractivity contribution in [3.8, 4) is 0 Å². The summed E-state index contributed by atoms with van der Waals surface area (Å²) in [6.07, 6.45) is 2.92. The van der Waals surface area contributed by atoms with Crippen molar-refractivity contribution in [1.29, 1.82) is 0 Å². The van der Waals surface area contributed by atoms with E-state index in [1.165, 1.54) is 6.08 Å². The number of allylic oxidation sites excluding steroid dienone is 1. The Morgan fingerprint density at radius 3 is 2.77 bits per heavy atom. The Hall–Kier alpha value is -0.870. The Balaban J connectivity index is 2.36. The minimum atomic E-state index is -0.862. The Morgan fingerprint density at radius 2 is 2.31 bits per heavy atom. The van der Waals surface area contributed by atoms with Gasteiger partial charge in [0.1, 0.15) is 0 Å². The number of carbonyl (C=O) groups excluding carboxylic acids is 1. The molecule has 1 aliphatic rings. The number of rotatable bonds is 2. The number of hydrogen-bond donors (Lipinski definition) is 0. The molecule has 1 aliphatic heterocycles. The maximum atomic E-state index is 10.9. The lowest BCUT2D eigenvalue weighted by atomic mass is 10.2. The fourth-order valence-electron chi connectivity index (χ4n) is 0.926. The van der Waals surface area contributed by atoms with Crippen LogP contribution in [0.4, 0.5) is 0 Å². The van der Waals surface area contributed by atoms with Crippen molar-refractivity contribution in [2.45, 2.75) is 32.8 Å². The second kappa shape index (κ2) is 3.89. The lowest BCUT2D eigenvalue weighted by Gasteiger charge is -2.14. The maximum Gasteiger partial charge on any atom is 0.334 e. The van der Waals surface area contributed by atoms with Crippen LogP contribution in [-0.2, 0) is 19.0 Å². The molecule has 0 aromatic carbocycles. The Kier molecular flexibility index (Phi) is 3.06. The summed E-state index contributed by atoms with van der Waals surface area (Å²) in [5.41, 5.74) is -0.374. The highest BCUT2D eigenvalue weighted by Crippen LogP contribution is 2.22. The third-order valence-corrected chi connectivity index (χ3v) is 1.50. The van der Waals surface area contributed by atoms with Crippen LogP contribution >= 0.6 is 0 Å². The molecule has 1 fully saturated rings. The maximum absolute atomic E-state index is 10.9. The molecule has 0 bridgehead atoms. The van der Waals surface area contributed by atoms with Gasteiger partial charge in [-0.1, -0.05) is 6.08 Å². The second-order valence-corrected chi connectivity index (χ2v) is 3.41. The quantitative estimate of drug-likeness (QED) is 0.480. The topological polar surface area (TPSA) is 44.8 Å². The molecule has 13 heavy (non-hydrogen) atoms. The second-order valence-electron chi connectivity index (χ2n) is 3.41. The van der Waals surface area contributed by atoms with Gasteiger partial charge in [-0.15, -0.1) is 0 Å². The van der Waals surface area contributed by atoms with Gasteiger partial charge in [0.15, 0.2) is 0 Å². The van der Waals surface area contributed by atoms with Crippen LogP contribution in [0.5, 0.6) is 0 Å². The zero-order chi connectivity index (χ0) is 9.90. The van der Waals surface area contributed by atoms with Gasteiger partial charge in [0.25, 0.3) is 0 Å². The fourth-order valence-corrected chi connectivity index (χ4v) is 0.926. The number of ether oxygens (including phenoxy) is 3. The van der Waals surface area contributed by atoms with Crippen molar-refractivity contribution >= 4 is 5.97 Å². The molecule has 1 heterocycles. The Labute approximate surface area is 77.5 Å². The molecule has 0 radical (unpaired) electrons. The predicted octanol–water partition coefficient (Wildman–Crippen LogP) is 1.21. The number of hydrogen-bond acceptors (Lipinski definition) is 4. The fraction of sp³-hybridized carbons (Fsp3) is 0.667. The lowest BCUT2D eigenvalue weighted by molar-refractivity contribution is -0.235. The van der Waals surface area contributed by atoms with Crippen molar-refractivity contribution in [1.82, 2.24) is 0 Å². The molecule has 0 saturated carbocycles. The SMILES string of the molecule is C/C=C/C(=O)OC1OCC(C)(C)O1. The zero-order valence-corrected chi connectivity index (χ0v) is 8.07. The first-order chi connectivity index (χ1) is 6.03. The van der Waals surface area contributed by atoms with Gasteiger partial charge in [-0.05, 0) is 20.8 Å². The van der Waals surface area contributed by atoms with Crippen molar-refractivity contribution in [3.63, 3.8) is 0 Å². The molecule has 0 aromatic rings. The third kappa shape index (κ3) is 3.16. The number of carbonyl (C=O) groups is 1. The zero-order valence-electron chi connectivity index (χ0n) is 8.07. The molecule has 0 aliphatic carbocycles. The highest BCUT2D eigenvalue weighted by molar-refractivity contribution is 5.81. The van der Waals surface area contributed by atoms with Gasteiger partial charge >= 0.3 is 12.4 Å². The summed E-state index contributed by atoms with van der Waals surface area (Å²) in [5, 5.41) is 0. The molecule has 4 heteroatoms. The van der Waals surface area contributed by atoms with Gasteiger partial charge in [0.05, 0.1) is 12.2 Å². The molecule has 0 aromatic heterocycles. The van der Waals surface area contributed by atoms with E-state index in [9.17, 15) is 4.79 Å². The summed E-state index contributed by atoms with van der Waals surface area (Å²) in [6.45, 7) is 5.05. The molecule has 0 N–H and O–H groups in total. The van der Waals surface area contributed by atoms with E-state index in [4.69, 9.17) is 14.2 Å². The van der Waals surface area contributed by atoms with Crippen LogP contribution in [0.2, 0.25) is 0 Å². The molecular weight excluding hydrogens is 172 g/mol. The van der Waals surface area contributed by atoms with Crippen LogP contribution in [-0.4, -0.2) is 24.7 Å². The summed E-state index contributed by atoms with van der Waals surface area (Å²) in [5.74, 6) is -0.454. The van der Waals surface area contributed by atoms with Crippen LogP contribution in [0, 0.1) is 0 Å². The summed E-state index contributed by atoms with van der Waals surface area (Å²) >= 11 is 0. The first kappa shape index (κ1) is 10.2. The normalized spacial score (nSPS) is 26.5. The smallest absolute Gasteiger partial charge is 0.334 e. The molecule has 0 amide bonds. The van der Waals surface area contributed by atoms with Gasteiger partial charge in [-0.25, -0.2) is 4.79 Å². The molecular formula is C9H14O4. The van der Waals surface area contributed by atoms with Gasteiger partial charge in [0.2, 0.25) is 0 Å².